The minimum absolute atomic E-state index is 0.0513. The molecular formula is C30H29N5O2. The molecule has 0 spiro atoms. The molecule has 0 fully saturated rings. The van der Waals surface area contributed by atoms with Gasteiger partial charge in [-0.2, -0.15) is 0 Å². The lowest BCUT2D eigenvalue weighted by Gasteiger charge is -2.17. The highest BCUT2D eigenvalue weighted by Gasteiger charge is 2.16. The van der Waals surface area contributed by atoms with Gasteiger partial charge in [0.25, 0.3) is 5.91 Å². The highest BCUT2D eigenvalue weighted by atomic mass is 16.5. The van der Waals surface area contributed by atoms with E-state index in [9.17, 15) is 4.79 Å². The zero-order valence-corrected chi connectivity index (χ0v) is 21.2. The fourth-order valence-corrected chi connectivity index (χ4v) is 4.42. The van der Waals surface area contributed by atoms with E-state index in [1.807, 2.05) is 73.1 Å². The monoisotopic (exact) mass is 491 g/mol. The van der Waals surface area contributed by atoms with Crippen LogP contribution in [0.3, 0.4) is 0 Å². The van der Waals surface area contributed by atoms with Gasteiger partial charge in [-0.15, -0.1) is 0 Å². The number of anilines is 1. The molecule has 2 aromatic carbocycles. The number of methoxy groups -OCH3 is 1. The van der Waals surface area contributed by atoms with Crippen molar-refractivity contribution in [2.24, 2.45) is 0 Å². The summed E-state index contributed by atoms with van der Waals surface area (Å²) in [7, 11) is 5.20. The second kappa shape index (κ2) is 10.5. The Bertz CT molecular complexity index is 1540. The van der Waals surface area contributed by atoms with Crippen LogP contribution in [-0.2, 0) is 6.42 Å². The number of pyridine rings is 2. The van der Waals surface area contributed by atoms with Gasteiger partial charge in [0.15, 0.2) is 0 Å². The SMILES string of the molecule is COc1ccccc1-c1c[nH]c2ncc(-c3ccc(C(=O)N(C)C)c(NCCc4ccccn4)c3)cc12. The quantitative estimate of drug-likeness (QED) is 0.293. The maximum absolute atomic E-state index is 12.9. The molecule has 0 aliphatic carbocycles. The number of aromatic nitrogens is 3. The van der Waals surface area contributed by atoms with E-state index in [-0.39, 0.29) is 5.91 Å². The summed E-state index contributed by atoms with van der Waals surface area (Å²) in [6.45, 7) is 0.654. The lowest BCUT2D eigenvalue weighted by Crippen LogP contribution is -2.23. The lowest BCUT2D eigenvalue weighted by molar-refractivity contribution is 0.0828. The third-order valence-corrected chi connectivity index (χ3v) is 6.34. The summed E-state index contributed by atoms with van der Waals surface area (Å²) in [4.78, 5) is 26.8. The van der Waals surface area contributed by atoms with Crippen molar-refractivity contribution in [2.75, 3.05) is 33.1 Å². The maximum atomic E-state index is 12.9. The first kappa shape index (κ1) is 24.1. The van der Waals surface area contributed by atoms with Crippen molar-refractivity contribution < 1.29 is 9.53 Å². The smallest absolute Gasteiger partial charge is 0.255 e. The van der Waals surface area contributed by atoms with E-state index in [0.717, 1.165) is 56.8 Å². The first-order chi connectivity index (χ1) is 18.0. The Kier molecular flexibility index (Phi) is 6.85. The molecular weight excluding hydrogens is 462 g/mol. The van der Waals surface area contributed by atoms with Crippen LogP contribution in [0.5, 0.6) is 5.75 Å². The lowest BCUT2D eigenvalue weighted by atomic mass is 9.99. The van der Waals surface area contributed by atoms with Crippen LogP contribution in [-0.4, -0.2) is 53.5 Å². The van der Waals surface area contributed by atoms with Gasteiger partial charge >= 0.3 is 0 Å². The number of carbonyl (C=O) groups excluding carboxylic acids is 1. The van der Waals surface area contributed by atoms with Crippen LogP contribution < -0.4 is 10.1 Å². The fraction of sp³-hybridized carbons (Fsp3) is 0.167. The Morgan fingerprint density at radius 3 is 2.59 bits per heavy atom. The zero-order chi connectivity index (χ0) is 25.8. The van der Waals surface area contributed by atoms with Gasteiger partial charge in [0, 0.05) is 79.1 Å². The topological polar surface area (TPSA) is 83.1 Å². The number of H-pyrrole nitrogens is 1. The van der Waals surface area contributed by atoms with Gasteiger partial charge in [0.2, 0.25) is 0 Å². The van der Waals surface area contributed by atoms with Gasteiger partial charge in [-0.3, -0.25) is 9.78 Å². The van der Waals surface area contributed by atoms with Crippen LogP contribution in [0.1, 0.15) is 16.1 Å². The third kappa shape index (κ3) is 5.02. The fourth-order valence-electron chi connectivity index (χ4n) is 4.42. The molecule has 186 valence electrons. The number of ether oxygens (including phenoxy) is 1. The molecule has 0 aliphatic heterocycles. The van der Waals surface area contributed by atoms with Crippen LogP contribution in [0.2, 0.25) is 0 Å². The van der Waals surface area contributed by atoms with Gasteiger partial charge < -0.3 is 19.9 Å². The van der Waals surface area contributed by atoms with E-state index < -0.39 is 0 Å². The Labute approximate surface area is 216 Å². The maximum Gasteiger partial charge on any atom is 0.255 e. The second-order valence-electron chi connectivity index (χ2n) is 8.98. The van der Waals surface area contributed by atoms with Crippen LogP contribution in [0.25, 0.3) is 33.3 Å². The van der Waals surface area contributed by atoms with Crippen molar-refractivity contribution in [2.45, 2.75) is 6.42 Å². The Balaban J connectivity index is 1.51. The van der Waals surface area contributed by atoms with Crippen LogP contribution in [0.15, 0.2) is 85.3 Å². The number of para-hydroxylation sites is 1. The minimum atomic E-state index is -0.0513. The number of hydrogen-bond acceptors (Lipinski definition) is 5. The van der Waals surface area contributed by atoms with Crippen LogP contribution in [0.4, 0.5) is 5.69 Å². The van der Waals surface area contributed by atoms with Crippen molar-refractivity contribution in [3.05, 3.63) is 96.6 Å². The van der Waals surface area contributed by atoms with Gasteiger partial charge in [-0.05, 0) is 42.0 Å². The number of benzene rings is 2. The molecule has 0 unspecified atom stereocenters. The van der Waals surface area contributed by atoms with Gasteiger partial charge in [-0.1, -0.05) is 30.3 Å². The summed E-state index contributed by atoms with van der Waals surface area (Å²) >= 11 is 0. The van der Waals surface area contributed by atoms with E-state index in [1.54, 1.807) is 32.3 Å². The highest BCUT2D eigenvalue weighted by molar-refractivity contribution is 6.01. The standard InChI is InChI=1S/C30H29N5O2/c1-35(2)30(36)24-12-11-20(17-27(24)32-15-13-22-8-6-7-14-31-22)21-16-25-26(19-34-29(25)33-18-21)23-9-4-5-10-28(23)37-3/h4-12,14,16-19,32H,13,15H2,1-3H3,(H,33,34). The minimum Gasteiger partial charge on any atom is -0.496 e. The summed E-state index contributed by atoms with van der Waals surface area (Å²) in [6.07, 6.45) is 6.36. The number of rotatable bonds is 8. The molecule has 37 heavy (non-hydrogen) atoms. The number of nitrogens with zero attached hydrogens (tertiary/aromatic N) is 3. The Morgan fingerprint density at radius 1 is 0.973 bits per heavy atom. The predicted molar refractivity (Wildman–Crippen MR) is 148 cm³/mol. The summed E-state index contributed by atoms with van der Waals surface area (Å²) in [5, 5.41) is 4.46. The first-order valence-electron chi connectivity index (χ1n) is 12.2. The number of amides is 1. The van der Waals surface area contributed by atoms with Gasteiger partial charge in [-0.25, -0.2) is 4.98 Å². The van der Waals surface area contributed by atoms with E-state index in [2.05, 4.69) is 26.3 Å². The van der Waals surface area contributed by atoms with E-state index in [1.165, 1.54) is 0 Å². The van der Waals surface area contributed by atoms with Crippen LogP contribution >= 0.6 is 0 Å². The number of nitrogens with one attached hydrogen (secondary N) is 2. The summed E-state index contributed by atoms with van der Waals surface area (Å²) < 4.78 is 5.59. The Hall–Kier alpha value is -4.65. The summed E-state index contributed by atoms with van der Waals surface area (Å²) in [6, 6.07) is 21.8. The van der Waals surface area contributed by atoms with E-state index in [0.29, 0.717) is 12.1 Å². The molecule has 0 atom stereocenters. The van der Waals surface area contributed by atoms with Crippen molar-refractivity contribution in [3.63, 3.8) is 0 Å². The normalized spacial score (nSPS) is 10.9. The zero-order valence-electron chi connectivity index (χ0n) is 21.2. The van der Waals surface area contributed by atoms with Crippen molar-refractivity contribution in [1.29, 1.82) is 0 Å². The average molecular weight is 492 g/mol. The molecule has 5 rings (SSSR count). The van der Waals surface area contributed by atoms with Crippen molar-refractivity contribution in [3.8, 4) is 28.0 Å². The molecule has 3 aromatic heterocycles. The molecule has 2 N–H and O–H groups in total. The highest BCUT2D eigenvalue weighted by Crippen LogP contribution is 2.36. The molecule has 0 aliphatic rings. The molecule has 0 radical (unpaired) electrons. The molecule has 3 heterocycles. The summed E-state index contributed by atoms with van der Waals surface area (Å²) in [5.41, 5.74) is 7.16. The summed E-state index contributed by atoms with van der Waals surface area (Å²) in [5.74, 6) is 0.754. The average Bonchev–Trinajstić information content (AvgIpc) is 3.36. The Morgan fingerprint density at radius 2 is 1.81 bits per heavy atom. The van der Waals surface area contributed by atoms with Gasteiger partial charge in [0.05, 0.1) is 12.7 Å². The molecule has 0 bridgehead atoms. The molecule has 7 heteroatoms. The molecule has 7 nitrogen and oxygen atoms in total. The third-order valence-electron chi connectivity index (χ3n) is 6.34. The number of aromatic amines is 1. The second-order valence-corrected chi connectivity index (χ2v) is 8.98. The first-order valence-corrected chi connectivity index (χ1v) is 12.2. The number of fused-ring (bicyclic) bond motifs is 1. The molecule has 0 saturated carbocycles. The predicted octanol–water partition coefficient (Wildman–Crippen LogP) is 5.66. The van der Waals surface area contributed by atoms with Crippen molar-refractivity contribution >= 4 is 22.6 Å². The van der Waals surface area contributed by atoms with E-state index >= 15 is 0 Å². The molecule has 5 aromatic rings. The molecule has 1 amide bonds. The van der Waals surface area contributed by atoms with E-state index in [4.69, 9.17) is 4.74 Å². The largest absolute Gasteiger partial charge is 0.496 e. The molecule has 0 saturated heterocycles. The van der Waals surface area contributed by atoms with Gasteiger partial charge in [0.1, 0.15) is 11.4 Å². The van der Waals surface area contributed by atoms with Crippen LogP contribution in [0, 0.1) is 0 Å². The number of carbonyl (C=O) groups is 1. The number of hydrogen-bond donors (Lipinski definition) is 2. The van der Waals surface area contributed by atoms with Crippen molar-refractivity contribution in [1.82, 2.24) is 19.9 Å².